The van der Waals surface area contributed by atoms with E-state index in [0.29, 0.717) is 0 Å². The first-order valence-corrected chi connectivity index (χ1v) is 4.95. The number of halogens is 1. The predicted octanol–water partition coefficient (Wildman–Crippen LogP) is 2.79. The Morgan fingerprint density at radius 2 is 2.08 bits per heavy atom. The Kier molecular flexibility index (Phi) is 3.33. The van der Waals surface area contributed by atoms with E-state index in [0.717, 1.165) is 21.3 Å². The zero-order valence-electron chi connectivity index (χ0n) is 8.10. The molecular formula is C10H14BrNO. The van der Waals surface area contributed by atoms with Gasteiger partial charge < -0.3 is 10.5 Å². The van der Waals surface area contributed by atoms with Gasteiger partial charge in [0.1, 0.15) is 5.75 Å². The standard InChI is InChI=1S/C10H14BrNO/c1-6-8(7(2)12)4-5-9(13-3)10(6)11/h4-5,7H,12H2,1-3H3. The summed E-state index contributed by atoms with van der Waals surface area (Å²) in [7, 11) is 1.66. The van der Waals surface area contributed by atoms with Gasteiger partial charge in [0.05, 0.1) is 11.6 Å². The number of nitrogens with two attached hydrogens (primary N) is 1. The van der Waals surface area contributed by atoms with E-state index < -0.39 is 0 Å². The number of methoxy groups -OCH3 is 1. The van der Waals surface area contributed by atoms with Crippen LogP contribution in [-0.4, -0.2) is 7.11 Å². The molecular weight excluding hydrogens is 230 g/mol. The van der Waals surface area contributed by atoms with Crippen LogP contribution in [0.5, 0.6) is 5.75 Å². The Hall–Kier alpha value is -0.540. The Labute approximate surface area is 87.2 Å². The summed E-state index contributed by atoms with van der Waals surface area (Å²) in [5, 5.41) is 0. The van der Waals surface area contributed by atoms with E-state index in [9.17, 15) is 0 Å². The summed E-state index contributed by atoms with van der Waals surface area (Å²) in [6.45, 7) is 4.01. The fourth-order valence-electron chi connectivity index (χ4n) is 1.33. The summed E-state index contributed by atoms with van der Waals surface area (Å²) in [6, 6.07) is 3.99. The molecule has 1 aromatic carbocycles. The van der Waals surface area contributed by atoms with Crippen LogP contribution < -0.4 is 10.5 Å². The third-order valence-electron chi connectivity index (χ3n) is 2.10. The molecule has 72 valence electrons. The van der Waals surface area contributed by atoms with Crippen LogP contribution in [0.4, 0.5) is 0 Å². The van der Waals surface area contributed by atoms with E-state index in [1.54, 1.807) is 7.11 Å². The van der Waals surface area contributed by atoms with Gasteiger partial charge in [-0.15, -0.1) is 0 Å². The minimum atomic E-state index is 0.0576. The summed E-state index contributed by atoms with van der Waals surface area (Å²) in [5.74, 6) is 0.849. The second-order valence-electron chi connectivity index (χ2n) is 3.08. The van der Waals surface area contributed by atoms with Crippen molar-refractivity contribution < 1.29 is 4.74 Å². The lowest BCUT2D eigenvalue weighted by molar-refractivity contribution is 0.411. The second-order valence-corrected chi connectivity index (χ2v) is 3.88. The first kappa shape index (κ1) is 10.5. The lowest BCUT2D eigenvalue weighted by atomic mass is 10.0. The molecule has 1 rings (SSSR count). The van der Waals surface area contributed by atoms with E-state index in [-0.39, 0.29) is 6.04 Å². The molecule has 1 unspecified atom stereocenters. The number of ether oxygens (including phenoxy) is 1. The Morgan fingerprint density at radius 3 is 2.54 bits per heavy atom. The first-order chi connectivity index (χ1) is 6.07. The van der Waals surface area contributed by atoms with Crippen LogP contribution in [0, 0.1) is 6.92 Å². The Bertz CT molecular complexity index is 310. The van der Waals surface area contributed by atoms with Crippen molar-refractivity contribution in [2.45, 2.75) is 19.9 Å². The molecule has 1 atom stereocenters. The maximum Gasteiger partial charge on any atom is 0.133 e. The van der Waals surface area contributed by atoms with Crippen molar-refractivity contribution in [3.05, 3.63) is 27.7 Å². The van der Waals surface area contributed by atoms with Crippen LogP contribution in [0.15, 0.2) is 16.6 Å². The summed E-state index contributed by atoms with van der Waals surface area (Å²) in [5.41, 5.74) is 8.11. The van der Waals surface area contributed by atoms with E-state index in [1.165, 1.54) is 0 Å². The molecule has 0 spiro atoms. The SMILES string of the molecule is COc1ccc(C(C)N)c(C)c1Br. The normalized spacial score (nSPS) is 12.7. The Balaban J connectivity index is 3.23. The summed E-state index contributed by atoms with van der Waals surface area (Å²) in [6.07, 6.45) is 0. The first-order valence-electron chi connectivity index (χ1n) is 4.16. The molecule has 2 nitrogen and oxygen atoms in total. The highest BCUT2D eigenvalue weighted by Gasteiger charge is 2.10. The largest absolute Gasteiger partial charge is 0.496 e. The monoisotopic (exact) mass is 243 g/mol. The van der Waals surface area contributed by atoms with Crippen molar-refractivity contribution in [2.75, 3.05) is 7.11 Å². The molecule has 0 amide bonds. The van der Waals surface area contributed by atoms with Gasteiger partial charge in [0.2, 0.25) is 0 Å². The van der Waals surface area contributed by atoms with Gasteiger partial charge in [0, 0.05) is 6.04 Å². The summed E-state index contributed by atoms with van der Waals surface area (Å²) < 4.78 is 6.16. The molecule has 2 N–H and O–H groups in total. The molecule has 0 aliphatic rings. The lowest BCUT2D eigenvalue weighted by Crippen LogP contribution is -2.07. The van der Waals surface area contributed by atoms with Crippen LogP contribution >= 0.6 is 15.9 Å². The number of benzene rings is 1. The summed E-state index contributed by atoms with van der Waals surface area (Å²) >= 11 is 3.48. The van der Waals surface area contributed by atoms with Crippen LogP contribution in [0.1, 0.15) is 24.1 Å². The molecule has 0 heterocycles. The Morgan fingerprint density at radius 1 is 1.46 bits per heavy atom. The number of hydrogen-bond acceptors (Lipinski definition) is 2. The van der Waals surface area contributed by atoms with Gasteiger partial charge in [-0.3, -0.25) is 0 Å². The van der Waals surface area contributed by atoms with Crippen molar-refractivity contribution in [2.24, 2.45) is 5.73 Å². The van der Waals surface area contributed by atoms with Crippen molar-refractivity contribution in [3.8, 4) is 5.75 Å². The fraction of sp³-hybridized carbons (Fsp3) is 0.400. The van der Waals surface area contributed by atoms with Crippen molar-refractivity contribution >= 4 is 15.9 Å². The molecule has 0 saturated heterocycles. The van der Waals surface area contributed by atoms with Gasteiger partial charge >= 0.3 is 0 Å². The third kappa shape index (κ3) is 2.03. The quantitative estimate of drug-likeness (QED) is 0.868. The molecule has 0 saturated carbocycles. The van der Waals surface area contributed by atoms with E-state index in [2.05, 4.69) is 15.9 Å². The minimum absolute atomic E-state index is 0.0576. The van der Waals surface area contributed by atoms with Crippen LogP contribution in [0.25, 0.3) is 0 Å². The zero-order chi connectivity index (χ0) is 10.0. The molecule has 13 heavy (non-hydrogen) atoms. The number of rotatable bonds is 2. The molecule has 0 aliphatic carbocycles. The van der Waals surface area contributed by atoms with Gasteiger partial charge in [0.15, 0.2) is 0 Å². The lowest BCUT2D eigenvalue weighted by Gasteiger charge is -2.13. The van der Waals surface area contributed by atoms with E-state index in [1.807, 2.05) is 26.0 Å². The maximum atomic E-state index is 5.81. The van der Waals surface area contributed by atoms with Gasteiger partial charge in [-0.25, -0.2) is 0 Å². The predicted molar refractivity (Wildman–Crippen MR) is 58.0 cm³/mol. The molecule has 1 aromatic rings. The van der Waals surface area contributed by atoms with Crippen molar-refractivity contribution in [3.63, 3.8) is 0 Å². The molecule has 3 heteroatoms. The van der Waals surface area contributed by atoms with Crippen molar-refractivity contribution in [1.29, 1.82) is 0 Å². The van der Waals surface area contributed by atoms with Crippen LogP contribution in [0.2, 0.25) is 0 Å². The highest BCUT2D eigenvalue weighted by atomic mass is 79.9. The maximum absolute atomic E-state index is 5.81. The fourth-order valence-corrected chi connectivity index (χ4v) is 1.85. The van der Waals surface area contributed by atoms with Gasteiger partial charge in [0.25, 0.3) is 0 Å². The van der Waals surface area contributed by atoms with Gasteiger partial charge in [-0.2, -0.15) is 0 Å². The smallest absolute Gasteiger partial charge is 0.133 e. The minimum Gasteiger partial charge on any atom is -0.496 e. The molecule has 0 fully saturated rings. The second kappa shape index (κ2) is 4.11. The average molecular weight is 244 g/mol. The highest BCUT2D eigenvalue weighted by molar-refractivity contribution is 9.10. The van der Waals surface area contributed by atoms with Crippen LogP contribution in [-0.2, 0) is 0 Å². The van der Waals surface area contributed by atoms with Gasteiger partial charge in [-0.05, 0) is 47.0 Å². The molecule has 0 aromatic heterocycles. The average Bonchev–Trinajstić information content (AvgIpc) is 2.09. The highest BCUT2D eigenvalue weighted by Crippen LogP contribution is 2.32. The van der Waals surface area contributed by atoms with Gasteiger partial charge in [-0.1, -0.05) is 6.07 Å². The third-order valence-corrected chi connectivity index (χ3v) is 3.09. The van der Waals surface area contributed by atoms with E-state index >= 15 is 0 Å². The topological polar surface area (TPSA) is 35.2 Å². The molecule has 0 aliphatic heterocycles. The zero-order valence-corrected chi connectivity index (χ0v) is 9.68. The molecule has 0 bridgehead atoms. The summed E-state index contributed by atoms with van der Waals surface area (Å²) in [4.78, 5) is 0. The van der Waals surface area contributed by atoms with E-state index in [4.69, 9.17) is 10.5 Å². The molecule has 0 radical (unpaired) electrons. The number of hydrogen-bond donors (Lipinski definition) is 1. The van der Waals surface area contributed by atoms with Crippen LogP contribution in [0.3, 0.4) is 0 Å². The van der Waals surface area contributed by atoms with Crippen molar-refractivity contribution in [1.82, 2.24) is 0 Å².